The molecule has 0 saturated heterocycles. The van der Waals surface area contributed by atoms with Gasteiger partial charge < -0.3 is 0 Å². The second-order valence-electron chi connectivity index (χ2n) is 11.2. The van der Waals surface area contributed by atoms with Gasteiger partial charge in [-0.3, -0.25) is 0 Å². The van der Waals surface area contributed by atoms with Crippen LogP contribution in [0.15, 0.2) is 58.9 Å². The fourth-order valence-corrected chi connectivity index (χ4v) is 9.93. The summed E-state index contributed by atoms with van der Waals surface area (Å²) in [5.74, 6) is -0.715. The number of benzene rings is 2. The first-order valence-corrected chi connectivity index (χ1v) is 19.0. The molecule has 6 heteroatoms. The molecule has 4 rings (SSSR count). The molecule has 1 unspecified atom stereocenters. The number of aliphatic hydroxyl groups excluding tert-OH is 1. The SMILES string of the molecule is C=C(O)I(C)CC(C)(C)C(=O)CC1C(=O)c2ccccc2C(=O)[C@@H]1C1CCC(c2ccc(Cl)cc2)CC1.CC. The molecule has 1 N–H and O–H groups in total. The van der Waals surface area contributed by atoms with E-state index in [1.807, 2.05) is 50.8 Å². The third-order valence-electron chi connectivity index (χ3n) is 8.22. The molecule has 2 aromatic carbocycles. The summed E-state index contributed by atoms with van der Waals surface area (Å²) in [6.45, 7) is 11.5. The van der Waals surface area contributed by atoms with Gasteiger partial charge in [0, 0.05) is 5.02 Å². The number of carbonyl (C=O) groups excluding carboxylic acids is 3. The van der Waals surface area contributed by atoms with Crippen LogP contribution in [0.1, 0.15) is 92.0 Å². The molecule has 212 valence electrons. The van der Waals surface area contributed by atoms with Gasteiger partial charge in [-0.25, -0.2) is 0 Å². The zero-order chi connectivity index (χ0) is 28.9. The minimum Gasteiger partial charge on any atom is -0.0683 e. The summed E-state index contributed by atoms with van der Waals surface area (Å²) in [4.78, 5) is 43.2. The summed E-state index contributed by atoms with van der Waals surface area (Å²) < 4.78 is 0.797. The topological polar surface area (TPSA) is 71.4 Å². The minimum absolute atomic E-state index is 0.00780. The Bertz CT molecular complexity index is 1190. The number of alkyl halides is 2. The standard InChI is InChI=1S/C31H36ClIO4.C2H6/c1-19(34)33(4)18-31(2,3)27(35)17-26-28(30(37)25-8-6-5-7-24(25)29(26)36)22-11-9-20(10-12-22)21-13-15-23(32)16-14-21;1-2/h5-8,13-16,20,22,26,28,34H,1,9-12,17-18H2,2-4H3;1-2H3/t20?,22?,26?,28-;/m1./s1. The minimum atomic E-state index is -1.89. The molecule has 2 aliphatic carbocycles. The average Bonchev–Trinajstić information content (AvgIpc) is 2.93. The first-order valence-electron chi connectivity index (χ1n) is 13.9. The van der Waals surface area contributed by atoms with Crippen LogP contribution in [-0.2, 0) is 4.79 Å². The molecule has 0 aliphatic heterocycles. The first kappa shape index (κ1) is 31.5. The van der Waals surface area contributed by atoms with Crippen LogP contribution in [0.5, 0.6) is 0 Å². The van der Waals surface area contributed by atoms with E-state index in [0.29, 0.717) is 21.5 Å². The van der Waals surface area contributed by atoms with Gasteiger partial charge in [-0.2, -0.15) is 0 Å². The number of rotatable bonds is 8. The molecule has 1 fully saturated rings. The van der Waals surface area contributed by atoms with Crippen LogP contribution < -0.4 is 0 Å². The van der Waals surface area contributed by atoms with E-state index in [1.54, 1.807) is 18.2 Å². The fraction of sp³-hybridized carbons (Fsp3) is 0.485. The van der Waals surface area contributed by atoms with E-state index in [4.69, 9.17) is 11.6 Å². The van der Waals surface area contributed by atoms with Crippen molar-refractivity contribution in [2.24, 2.45) is 23.2 Å². The van der Waals surface area contributed by atoms with Crippen molar-refractivity contribution in [3.05, 3.63) is 80.6 Å². The van der Waals surface area contributed by atoms with E-state index in [2.05, 4.69) is 18.7 Å². The van der Waals surface area contributed by atoms with Crippen molar-refractivity contribution in [2.45, 2.75) is 65.7 Å². The van der Waals surface area contributed by atoms with E-state index < -0.39 is 37.1 Å². The predicted molar refractivity (Wildman–Crippen MR) is 170 cm³/mol. The van der Waals surface area contributed by atoms with Crippen molar-refractivity contribution < 1.29 is 19.5 Å². The Kier molecular flexibility index (Phi) is 11.0. The van der Waals surface area contributed by atoms with Crippen molar-refractivity contribution in [1.29, 1.82) is 0 Å². The Labute approximate surface area is 246 Å². The quantitative estimate of drug-likeness (QED) is 0.174. The van der Waals surface area contributed by atoms with Gasteiger partial charge in [0.05, 0.1) is 0 Å². The number of aliphatic hydroxyl groups is 1. The van der Waals surface area contributed by atoms with Gasteiger partial charge in [0.25, 0.3) is 0 Å². The third kappa shape index (κ3) is 7.21. The van der Waals surface area contributed by atoms with E-state index in [1.165, 1.54) is 5.56 Å². The molecule has 4 nitrogen and oxygen atoms in total. The van der Waals surface area contributed by atoms with E-state index in [0.717, 1.165) is 30.7 Å². The van der Waals surface area contributed by atoms with E-state index in [-0.39, 0.29) is 33.5 Å². The summed E-state index contributed by atoms with van der Waals surface area (Å²) in [5.41, 5.74) is 1.53. The van der Waals surface area contributed by atoms with Gasteiger partial charge in [-0.05, 0) is 12.1 Å². The summed E-state index contributed by atoms with van der Waals surface area (Å²) >= 11 is 4.18. The second-order valence-corrected chi connectivity index (χ2v) is 17.0. The van der Waals surface area contributed by atoms with Crippen molar-refractivity contribution in [3.8, 4) is 0 Å². The molecule has 39 heavy (non-hydrogen) atoms. The number of hydrogen-bond donors (Lipinski definition) is 1. The number of halogens is 2. The van der Waals surface area contributed by atoms with Crippen molar-refractivity contribution in [3.63, 3.8) is 0 Å². The molecule has 0 amide bonds. The molecular weight excluding hydrogens is 623 g/mol. The Balaban J connectivity index is 0.00000205. The average molecular weight is 665 g/mol. The molecule has 0 radical (unpaired) electrons. The Morgan fingerprint density at radius 1 is 0.974 bits per heavy atom. The summed E-state index contributed by atoms with van der Waals surface area (Å²) in [7, 11) is 0. The van der Waals surface area contributed by atoms with Crippen LogP contribution in [0.25, 0.3) is 0 Å². The van der Waals surface area contributed by atoms with Gasteiger partial charge in [-0.1, -0.05) is 25.4 Å². The number of fused-ring (bicyclic) bond motifs is 1. The Morgan fingerprint density at radius 3 is 2.05 bits per heavy atom. The molecule has 0 heterocycles. The fourth-order valence-electron chi connectivity index (χ4n) is 6.08. The molecule has 2 aliphatic rings. The molecule has 2 atom stereocenters. The number of carbonyl (C=O) groups is 3. The largest absolute Gasteiger partial charge is 0.0683 e. The van der Waals surface area contributed by atoms with Crippen LogP contribution in [0, 0.1) is 23.2 Å². The Morgan fingerprint density at radius 2 is 1.51 bits per heavy atom. The van der Waals surface area contributed by atoms with Gasteiger partial charge in [0.1, 0.15) is 0 Å². The predicted octanol–water partition coefficient (Wildman–Crippen LogP) is 9.10. The van der Waals surface area contributed by atoms with Crippen LogP contribution in [-0.4, -0.2) is 31.8 Å². The number of Topliss-reactive ketones (excluding diaryl/α,β-unsaturated/α-hetero) is 3. The van der Waals surface area contributed by atoms with Crippen LogP contribution in [0.3, 0.4) is 0 Å². The molecule has 0 spiro atoms. The van der Waals surface area contributed by atoms with Gasteiger partial charge >= 0.3 is 204 Å². The zero-order valence-electron chi connectivity index (χ0n) is 23.8. The van der Waals surface area contributed by atoms with Gasteiger partial charge in [0.15, 0.2) is 0 Å². The van der Waals surface area contributed by atoms with Crippen LogP contribution in [0.2, 0.25) is 5.02 Å². The third-order valence-corrected chi connectivity index (χ3v) is 13.6. The maximum Gasteiger partial charge on any atom is -0.0683 e. The molecule has 2 aromatic rings. The number of hydrogen-bond acceptors (Lipinski definition) is 4. The maximum absolute atomic E-state index is 13.8. The Hall–Kier alpha value is -1.99. The van der Waals surface area contributed by atoms with Crippen molar-refractivity contribution in [1.82, 2.24) is 0 Å². The van der Waals surface area contributed by atoms with E-state index in [9.17, 15) is 19.5 Å². The number of ketones is 3. The maximum atomic E-state index is 13.8. The van der Waals surface area contributed by atoms with E-state index >= 15 is 0 Å². The van der Waals surface area contributed by atoms with Crippen LogP contribution in [0.4, 0.5) is 0 Å². The van der Waals surface area contributed by atoms with Crippen molar-refractivity contribution >= 4 is 48.8 Å². The van der Waals surface area contributed by atoms with Crippen molar-refractivity contribution in [2.75, 3.05) is 9.36 Å². The first-order chi connectivity index (χ1) is 18.5. The normalized spacial score (nSPS) is 23.3. The molecule has 1 saturated carbocycles. The molecular formula is C33H42ClIO4. The molecule has 0 bridgehead atoms. The van der Waals surface area contributed by atoms with Crippen LogP contribution >= 0.6 is 31.4 Å². The summed E-state index contributed by atoms with van der Waals surface area (Å²) in [6.07, 6.45) is 3.65. The molecule has 0 aromatic heterocycles. The zero-order valence-corrected chi connectivity index (χ0v) is 26.7. The van der Waals surface area contributed by atoms with Gasteiger partial charge in [-0.15, -0.1) is 0 Å². The summed E-state index contributed by atoms with van der Waals surface area (Å²) in [5, 5.41) is 10.6. The summed E-state index contributed by atoms with van der Waals surface area (Å²) in [6, 6.07) is 15.1. The van der Waals surface area contributed by atoms with Gasteiger partial charge in [0.2, 0.25) is 0 Å². The smallest absolute Gasteiger partial charge is 0.0683 e. The second kappa shape index (κ2) is 13.6. The monoisotopic (exact) mass is 664 g/mol.